The first kappa shape index (κ1) is 19.6. The Morgan fingerprint density at radius 2 is 1.92 bits per heavy atom. The Morgan fingerprint density at radius 1 is 1.25 bits per heavy atom. The van der Waals surface area contributed by atoms with Gasteiger partial charge in [0.2, 0.25) is 0 Å². The molecular weight excluding hydrogens is 350 g/mol. The summed E-state index contributed by atoms with van der Waals surface area (Å²) < 4.78 is 35.0. The van der Waals surface area contributed by atoms with Gasteiger partial charge in [0.15, 0.2) is 0 Å². The van der Waals surface area contributed by atoms with E-state index in [0.717, 1.165) is 13.0 Å². The van der Waals surface area contributed by atoms with E-state index in [1.807, 2.05) is 26.0 Å². The monoisotopic (exact) mass is 375 g/mol. The highest BCUT2D eigenvalue weighted by molar-refractivity contribution is 7.87. The zero-order valence-electron chi connectivity index (χ0n) is 14.1. The van der Waals surface area contributed by atoms with Crippen molar-refractivity contribution < 1.29 is 13.2 Å². The Balaban J connectivity index is 0.00000208. The lowest BCUT2D eigenvalue weighted by atomic mass is 9.95. The van der Waals surface area contributed by atoms with E-state index in [1.54, 1.807) is 0 Å². The van der Waals surface area contributed by atoms with Crippen molar-refractivity contribution in [1.29, 1.82) is 0 Å². The number of nitrogens with one attached hydrogen (secondary N) is 2. The minimum atomic E-state index is -3.49. The maximum atomic E-state index is 12.6. The molecule has 2 aliphatic rings. The van der Waals surface area contributed by atoms with Gasteiger partial charge in [-0.3, -0.25) is 0 Å². The fourth-order valence-corrected chi connectivity index (χ4v) is 4.75. The summed E-state index contributed by atoms with van der Waals surface area (Å²) in [5.74, 6) is 0. The van der Waals surface area contributed by atoms with Gasteiger partial charge in [0, 0.05) is 25.7 Å². The number of nitrogens with zero attached hydrogens (tertiary/aromatic N) is 1. The van der Waals surface area contributed by atoms with Gasteiger partial charge in [0.25, 0.3) is 10.2 Å². The van der Waals surface area contributed by atoms with E-state index in [2.05, 4.69) is 22.2 Å². The summed E-state index contributed by atoms with van der Waals surface area (Å²) in [4.78, 5) is 0. The second kappa shape index (κ2) is 8.12. The second-order valence-corrected chi connectivity index (χ2v) is 8.14. The van der Waals surface area contributed by atoms with Crippen LogP contribution in [0, 0.1) is 0 Å². The summed E-state index contributed by atoms with van der Waals surface area (Å²) in [6.45, 7) is 5.82. The number of hydrogen-bond donors (Lipinski definition) is 2. The molecule has 2 N–H and O–H groups in total. The SMILES string of the molecule is CC1CN(S(=O)(=O)NCC2NCCc3ccccc32)CC(C)O1.Cl. The summed E-state index contributed by atoms with van der Waals surface area (Å²) in [5, 5.41) is 3.40. The zero-order valence-corrected chi connectivity index (χ0v) is 15.7. The highest BCUT2D eigenvalue weighted by Crippen LogP contribution is 2.22. The molecule has 3 atom stereocenters. The van der Waals surface area contributed by atoms with Crippen LogP contribution in [0.2, 0.25) is 0 Å². The molecule has 0 bridgehead atoms. The number of rotatable bonds is 4. The zero-order chi connectivity index (χ0) is 16.4. The van der Waals surface area contributed by atoms with Crippen molar-refractivity contribution in [3.63, 3.8) is 0 Å². The Labute approximate surface area is 150 Å². The molecular formula is C16H26ClN3O3S. The molecule has 0 saturated carbocycles. The van der Waals surface area contributed by atoms with Crippen molar-refractivity contribution in [1.82, 2.24) is 14.3 Å². The quantitative estimate of drug-likeness (QED) is 0.830. The molecule has 0 spiro atoms. The van der Waals surface area contributed by atoms with Crippen molar-refractivity contribution in [2.24, 2.45) is 0 Å². The van der Waals surface area contributed by atoms with Crippen LogP contribution in [0.4, 0.5) is 0 Å². The first-order chi connectivity index (χ1) is 11.0. The third-order valence-corrected chi connectivity index (χ3v) is 5.92. The first-order valence-corrected chi connectivity index (χ1v) is 9.61. The molecule has 0 radical (unpaired) electrons. The van der Waals surface area contributed by atoms with Crippen LogP contribution in [0.25, 0.3) is 0 Å². The molecule has 8 heteroatoms. The van der Waals surface area contributed by atoms with E-state index in [9.17, 15) is 8.42 Å². The molecule has 1 fully saturated rings. The molecule has 0 amide bonds. The van der Waals surface area contributed by atoms with Crippen LogP contribution in [0.15, 0.2) is 24.3 Å². The first-order valence-electron chi connectivity index (χ1n) is 8.17. The van der Waals surface area contributed by atoms with E-state index < -0.39 is 10.2 Å². The maximum Gasteiger partial charge on any atom is 0.279 e. The van der Waals surface area contributed by atoms with Crippen LogP contribution < -0.4 is 10.0 Å². The van der Waals surface area contributed by atoms with Gasteiger partial charge in [-0.15, -0.1) is 12.4 Å². The number of benzene rings is 1. The van der Waals surface area contributed by atoms with Crippen LogP contribution in [0.5, 0.6) is 0 Å². The minimum Gasteiger partial charge on any atom is -0.373 e. The molecule has 1 aromatic carbocycles. The Morgan fingerprint density at radius 3 is 2.62 bits per heavy atom. The smallest absolute Gasteiger partial charge is 0.279 e. The number of morpholine rings is 1. The molecule has 3 unspecified atom stereocenters. The molecule has 24 heavy (non-hydrogen) atoms. The second-order valence-electron chi connectivity index (χ2n) is 6.38. The summed E-state index contributed by atoms with van der Waals surface area (Å²) in [6, 6.07) is 8.23. The van der Waals surface area contributed by atoms with E-state index in [-0.39, 0.29) is 30.7 Å². The minimum absolute atomic E-state index is 0. The molecule has 136 valence electrons. The summed E-state index contributed by atoms with van der Waals surface area (Å²) in [7, 11) is -3.49. The van der Waals surface area contributed by atoms with Crippen molar-refractivity contribution in [2.45, 2.75) is 38.5 Å². The number of fused-ring (bicyclic) bond motifs is 1. The molecule has 2 aliphatic heterocycles. The maximum absolute atomic E-state index is 12.6. The summed E-state index contributed by atoms with van der Waals surface area (Å²) >= 11 is 0. The molecule has 6 nitrogen and oxygen atoms in total. The lowest BCUT2D eigenvalue weighted by Gasteiger charge is -2.35. The van der Waals surface area contributed by atoms with Crippen LogP contribution in [-0.4, -0.2) is 51.1 Å². The van der Waals surface area contributed by atoms with Gasteiger partial charge in [0.05, 0.1) is 12.2 Å². The van der Waals surface area contributed by atoms with E-state index in [0.29, 0.717) is 19.6 Å². The van der Waals surface area contributed by atoms with Gasteiger partial charge in [-0.05, 0) is 37.9 Å². The van der Waals surface area contributed by atoms with Gasteiger partial charge >= 0.3 is 0 Å². The van der Waals surface area contributed by atoms with E-state index in [4.69, 9.17) is 4.74 Å². The fraction of sp³-hybridized carbons (Fsp3) is 0.625. The van der Waals surface area contributed by atoms with E-state index in [1.165, 1.54) is 15.4 Å². The van der Waals surface area contributed by atoms with Crippen molar-refractivity contribution in [2.75, 3.05) is 26.2 Å². The van der Waals surface area contributed by atoms with Crippen molar-refractivity contribution in [3.8, 4) is 0 Å². The van der Waals surface area contributed by atoms with Crippen molar-refractivity contribution in [3.05, 3.63) is 35.4 Å². The third kappa shape index (κ3) is 4.47. The van der Waals surface area contributed by atoms with Crippen LogP contribution in [0.3, 0.4) is 0 Å². The molecule has 0 aromatic heterocycles. The average Bonchev–Trinajstić information content (AvgIpc) is 2.52. The van der Waals surface area contributed by atoms with Crippen LogP contribution in [-0.2, 0) is 21.4 Å². The molecule has 1 aromatic rings. The standard InChI is InChI=1S/C16H25N3O3S.ClH/c1-12-10-19(11-13(2)22-12)23(20,21)18-9-16-15-6-4-3-5-14(15)7-8-17-16;/h3-6,12-13,16-18H,7-11H2,1-2H3;1H. The highest BCUT2D eigenvalue weighted by Gasteiger charge is 2.31. The number of halogens is 1. The average molecular weight is 376 g/mol. The van der Waals surface area contributed by atoms with Gasteiger partial charge in [-0.1, -0.05) is 24.3 Å². The van der Waals surface area contributed by atoms with Gasteiger partial charge in [0.1, 0.15) is 0 Å². The Bertz CT molecular complexity index is 646. The summed E-state index contributed by atoms with van der Waals surface area (Å²) in [5.41, 5.74) is 2.48. The predicted molar refractivity (Wildman–Crippen MR) is 96.6 cm³/mol. The molecule has 0 aliphatic carbocycles. The fourth-order valence-electron chi connectivity index (χ4n) is 3.38. The van der Waals surface area contributed by atoms with Crippen LogP contribution >= 0.6 is 12.4 Å². The number of hydrogen-bond acceptors (Lipinski definition) is 4. The lowest BCUT2D eigenvalue weighted by molar-refractivity contribution is -0.0444. The lowest BCUT2D eigenvalue weighted by Crippen LogP contribution is -2.53. The molecule has 2 heterocycles. The van der Waals surface area contributed by atoms with Gasteiger partial charge < -0.3 is 10.1 Å². The Kier molecular flexibility index (Phi) is 6.64. The van der Waals surface area contributed by atoms with Crippen LogP contribution in [0.1, 0.15) is 31.0 Å². The topological polar surface area (TPSA) is 70.7 Å². The van der Waals surface area contributed by atoms with Crippen molar-refractivity contribution >= 4 is 22.6 Å². The predicted octanol–water partition coefficient (Wildman–Crippen LogP) is 1.24. The van der Waals surface area contributed by atoms with E-state index >= 15 is 0 Å². The number of ether oxygens (including phenoxy) is 1. The normalized spacial score (nSPS) is 28.0. The van der Waals surface area contributed by atoms with Gasteiger partial charge in [-0.25, -0.2) is 4.72 Å². The highest BCUT2D eigenvalue weighted by atomic mass is 35.5. The summed E-state index contributed by atoms with van der Waals surface area (Å²) in [6.07, 6.45) is 0.825. The van der Waals surface area contributed by atoms with Gasteiger partial charge in [-0.2, -0.15) is 12.7 Å². The molecule has 3 rings (SSSR count). The Hall–Kier alpha value is -0.700. The largest absolute Gasteiger partial charge is 0.373 e. The third-order valence-electron chi connectivity index (χ3n) is 4.41. The molecule has 1 saturated heterocycles.